The normalized spacial score (nSPS) is 39.9. The zero-order valence-corrected chi connectivity index (χ0v) is 25.9. The molecule has 5 rings (SSSR count). The van der Waals surface area contributed by atoms with E-state index in [1.165, 1.54) is 57.8 Å². The lowest BCUT2D eigenvalue weighted by atomic mass is 9.44. The molecule has 1 aromatic rings. The summed E-state index contributed by atoms with van der Waals surface area (Å²) in [7, 11) is -3.70. The van der Waals surface area contributed by atoms with Gasteiger partial charge in [-0.3, -0.25) is 4.18 Å². The Morgan fingerprint density at radius 1 is 0.868 bits per heavy atom. The molecule has 9 atom stereocenters. The Bertz CT molecular complexity index is 1060. The fraction of sp³-hybridized carbons (Fsp3) is 0.824. The number of hydrogen-bond donors (Lipinski definition) is 0. The van der Waals surface area contributed by atoms with Crippen LogP contribution in [0.25, 0.3) is 0 Å². The summed E-state index contributed by atoms with van der Waals surface area (Å²) in [5.74, 6) is 5.75. The molecule has 3 nitrogen and oxygen atoms in total. The molecule has 4 fully saturated rings. The highest BCUT2D eigenvalue weighted by Crippen LogP contribution is 2.68. The third-order valence-corrected chi connectivity index (χ3v) is 13.8. The molecule has 0 bridgehead atoms. The summed E-state index contributed by atoms with van der Waals surface area (Å²) < 4.78 is 31.9. The first kappa shape index (κ1) is 28.7. The van der Waals surface area contributed by atoms with Crippen LogP contribution in [0.1, 0.15) is 117 Å². The minimum absolute atomic E-state index is 0.174. The van der Waals surface area contributed by atoms with E-state index in [0.717, 1.165) is 60.3 Å². The van der Waals surface area contributed by atoms with Gasteiger partial charge in [0.2, 0.25) is 0 Å². The van der Waals surface area contributed by atoms with E-state index in [1.807, 2.05) is 19.1 Å². The number of fused-ring (bicyclic) bond motifs is 5. The van der Waals surface area contributed by atoms with E-state index >= 15 is 0 Å². The second kappa shape index (κ2) is 10.8. The maximum atomic E-state index is 13.0. The molecule has 1 aromatic carbocycles. The lowest BCUT2D eigenvalue weighted by Crippen LogP contribution is -2.54. The maximum absolute atomic E-state index is 13.0. The highest BCUT2D eigenvalue weighted by molar-refractivity contribution is 7.86. The average Bonchev–Trinajstić information content (AvgIpc) is 3.21. The summed E-state index contributed by atoms with van der Waals surface area (Å²) in [5, 5.41) is 0. The Hall–Kier alpha value is -0.870. The molecule has 0 heterocycles. The molecule has 0 spiro atoms. The topological polar surface area (TPSA) is 43.4 Å². The minimum atomic E-state index is -3.70. The van der Waals surface area contributed by atoms with Crippen molar-refractivity contribution in [2.24, 2.45) is 52.3 Å². The van der Waals surface area contributed by atoms with E-state index in [-0.39, 0.29) is 6.10 Å². The van der Waals surface area contributed by atoms with Crippen LogP contribution in [-0.2, 0) is 14.3 Å². The largest absolute Gasteiger partial charge is 0.297 e. The van der Waals surface area contributed by atoms with Gasteiger partial charge in [-0.15, -0.1) is 0 Å². The molecule has 0 N–H and O–H groups in total. The fourth-order valence-corrected chi connectivity index (χ4v) is 11.4. The van der Waals surface area contributed by atoms with Crippen molar-refractivity contribution in [3.63, 3.8) is 0 Å². The molecule has 0 aliphatic heterocycles. The summed E-state index contributed by atoms with van der Waals surface area (Å²) in [5.41, 5.74) is 1.94. The van der Waals surface area contributed by atoms with Gasteiger partial charge in [-0.2, -0.15) is 8.42 Å². The second-order valence-corrected chi connectivity index (χ2v) is 16.5. The SMILES string of the molecule is Cc1ccc(S(=O)(=O)O[C@H]2CC[C@@]3(C)[C@@H](CC[C@@H]4[C@@H]3CC[C@]3(C)[C@@H]([C@H](C)CCCC(C)C)CC[C@@H]43)C2)cc1. The van der Waals surface area contributed by atoms with Crippen LogP contribution in [0.3, 0.4) is 0 Å². The van der Waals surface area contributed by atoms with E-state index < -0.39 is 10.1 Å². The monoisotopic (exact) mass is 542 g/mol. The summed E-state index contributed by atoms with van der Waals surface area (Å²) in [6.07, 6.45) is 15.2. The summed E-state index contributed by atoms with van der Waals surface area (Å²) in [6.45, 7) is 14.5. The van der Waals surface area contributed by atoms with Gasteiger partial charge in [-0.05, 0) is 129 Å². The molecule has 0 amide bonds. The van der Waals surface area contributed by atoms with Gasteiger partial charge in [-0.25, -0.2) is 0 Å². The van der Waals surface area contributed by atoms with E-state index in [1.54, 1.807) is 12.1 Å². The van der Waals surface area contributed by atoms with Gasteiger partial charge in [0.1, 0.15) is 0 Å². The van der Waals surface area contributed by atoms with Gasteiger partial charge in [0.05, 0.1) is 11.0 Å². The first-order valence-electron chi connectivity index (χ1n) is 15.9. The number of hydrogen-bond acceptors (Lipinski definition) is 3. The molecule has 4 heteroatoms. The first-order chi connectivity index (χ1) is 17.9. The van der Waals surface area contributed by atoms with Crippen molar-refractivity contribution in [1.29, 1.82) is 0 Å². The van der Waals surface area contributed by atoms with Crippen molar-refractivity contribution >= 4 is 10.1 Å². The van der Waals surface area contributed by atoms with Crippen LogP contribution in [0.15, 0.2) is 29.2 Å². The Labute approximate surface area is 234 Å². The lowest BCUT2D eigenvalue weighted by Gasteiger charge is -2.61. The van der Waals surface area contributed by atoms with Crippen molar-refractivity contribution in [2.75, 3.05) is 0 Å². The molecule has 0 aromatic heterocycles. The van der Waals surface area contributed by atoms with Gasteiger partial charge in [-0.1, -0.05) is 71.6 Å². The van der Waals surface area contributed by atoms with Gasteiger partial charge in [0, 0.05) is 0 Å². The Morgan fingerprint density at radius 3 is 2.26 bits per heavy atom. The Balaban J connectivity index is 1.24. The molecular formula is C34H54O3S. The lowest BCUT2D eigenvalue weighted by molar-refractivity contribution is -0.126. The van der Waals surface area contributed by atoms with Crippen LogP contribution in [-0.4, -0.2) is 14.5 Å². The standard InChI is InChI=1S/C34H54O3S/c1-23(2)8-7-9-25(4)30-16-17-31-29-15-12-26-22-27(37-38(35,36)28-13-10-24(3)11-14-28)18-20-33(26,5)32(29)19-21-34(30,31)6/h10-11,13-14,23,25-27,29-32H,7-9,12,15-22H2,1-6H3/t25-,26+,27+,29+,30-,31+,32+,33+,34-/m1/s1. The predicted molar refractivity (Wildman–Crippen MR) is 156 cm³/mol. The maximum Gasteiger partial charge on any atom is 0.297 e. The van der Waals surface area contributed by atoms with Crippen LogP contribution in [0.5, 0.6) is 0 Å². The minimum Gasteiger partial charge on any atom is -0.263 e. The molecule has 4 aliphatic rings. The van der Waals surface area contributed by atoms with E-state index in [2.05, 4.69) is 34.6 Å². The third-order valence-electron chi connectivity index (χ3n) is 12.4. The van der Waals surface area contributed by atoms with Gasteiger partial charge in [0.15, 0.2) is 0 Å². The zero-order valence-electron chi connectivity index (χ0n) is 25.0. The molecule has 4 aliphatic carbocycles. The number of benzene rings is 1. The van der Waals surface area contributed by atoms with E-state index in [9.17, 15) is 8.42 Å². The highest BCUT2D eigenvalue weighted by atomic mass is 32.2. The van der Waals surface area contributed by atoms with Crippen molar-refractivity contribution in [1.82, 2.24) is 0 Å². The quantitative estimate of drug-likeness (QED) is 0.308. The number of rotatable bonds is 8. The van der Waals surface area contributed by atoms with Crippen LogP contribution in [0.4, 0.5) is 0 Å². The van der Waals surface area contributed by atoms with Crippen molar-refractivity contribution in [2.45, 2.75) is 130 Å². The van der Waals surface area contributed by atoms with Gasteiger partial charge in [0.25, 0.3) is 10.1 Å². The second-order valence-electron chi connectivity index (χ2n) is 14.9. The summed E-state index contributed by atoms with van der Waals surface area (Å²) in [6, 6.07) is 7.07. The van der Waals surface area contributed by atoms with Crippen LogP contribution in [0.2, 0.25) is 0 Å². The van der Waals surface area contributed by atoms with Crippen molar-refractivity contribution < 1.29 is 12.6 Å². The van der Waals surface area contributed by atoms with E-state index in [4.69, 9.17) is 4.18 Å². The third kappa shape index (κ3) is 5.27. The van der Waals surface area contributed by atoms with Gasteiger partial charge >= 0.3 is 0 Å². The van der Waals surface area contributed by atoms with Crippen molar-refractivity contribution in [3.8, 4) is 0 Å². The molecule has 4 saturated carbocycles. The predicted octanol–water partition coefficient (Wildman–Crippen LogP) is 9.19. The average molecular weight is 543 g/mol. The number of aryl methyl sites for hydroxylation is 1. The Kier molecular flexibility index (Phi) is 8.17. The Morgan fingerprint density at radius 2 is 1.55 bits per heavy atom. The molecule has 0 unspecified atom stereocenters. The van der Waals surface area contributed by atoms with E-state index in [0.29, 0.717) is 21.6 Å². The smallest absolute Gasteiger partial charge is 0.263 e. The first-order valence-corrected chi connectivity index (χ1v) is 17.3. The molecule has 38 heavy (non-hydrogen) atoms. The summed E-state index contributed by atoms with van der Waals surface area (Å²) >= 11 is 0. The molecule has 0 saturated heterocycles. The summed E-state index contributed by atoms with van der Waals surface area (Å²) in [4.78, 5) is 0.293. The zero-order chi connectivity index (χ0) is 27.3. The molecule has 0 radical (unpaired) electrons. The highest BCUT2D eigenvalue weighted by Gasteiger charge is 2.60. The molecular weight excluding hydrogens is 488 g/mol. The fourth-order valence-electron chi connectivity index (χ4n) is 10.3. The van der Waals surface area contributed by atoms with Crippen LogP contribution in [0, 0.1) is 59.2 Å². The van der Waals surface area contributed by atoms with Crippen LogP contribution < -0.4 is 0 Å². The van der Waals surface area contributed by atoms with Crippen molar-refractivity contribution in [3.05, 3.63) is 29.8 Å². The van der Waals surface area contributed by atoms with Gasteiger partial charge < -0.3 is 0 Å². The van der Waals surface area contributed by atoms with Crippen LogP contribution >= 0.6 is 0 Å². The molecule has 214 valence electrons.